The largest absolute Gasteiger partial charge is 0.497 e. The van der Waals surface area contributed by atoms with E-state index in [9.17, 15) is 10.4 Å². The molecule has 25 heavy (non-hydrogen) atoms. The van der Waals surface area contributed by atoms with E-state index in [2.05, 4.69) is 6.07 Å². The van der Waals surface area contributed by atoms with Gasteiger partial charge >= 0.3 is 0 Å². The summed E-state index contributed by atoms with van der Waals surface area (Å²) >= 11 is 0. The van der Waals surface area contributed by atoms with Crippen LogP contribution in [0.2, 0.25) is 0 Å². The van der Waals surface area contributed by atoms with Crippen LogP contribution < -0.4 is 4.74 Å². The second-order valence-corrected chi connectivity index (χ2v) is 5.88. The number of fused-ring (bicyclic) bond motifs is 3. The summed E-state index contributed by atoms with van der Waals surface area (Å²) in [5, 5.41) is 21.5. The van der Waals surface area contributed by atoms with Gasteiger partial charge in [-0.2, -0.15) is 5.26 Å². The molecule has 0 aliphatic heterocycles. The SMILES string of the molecule is COc1ccc(C(O)c2cc(C#N)c3ccc4ccccc4n23)cc1. The normalized spacial score (nSPS) is 12.2. The molecule has 4 heteroatoms. The van der Waals surface area contributed by atoms with Crippen molar-refractivity contribution in [2.45, 2.75) is 6.10 Å². The summed E-state index contributed by atoms with van der Waals surface area (Å²) in [5.74, 6) is 0.735. The molecule has 0 saturated carbocycles. The number of aromatic nitrogens is 1. The second kappa shape index (κ2) is 5.97. The van der Waals surface area contributed by atoms with E-state index >= 15 is 0 Å². The lowest BCUT2D eigenvalue weighted by molar-refractivity contribution is 0.215. The Hall–Kier alpha value is -3.29. The van der Waals surface area contributed by atoms with E-state index in [1.807, 2.05) is 65.1 Å². The van der Waals surface area contributed by atoms with Gasteiger partial charge in [0.1, 0.15) is 17.9 Å². The van der Waals surface area contributed by atoms with Crippen LogP contribution >= 0.6 is 0 Å². The molecule has 4 rings (SSSR count). The Morgan fingerprint density at radius 1 is 1.00 bits per heavy atom. The number of hydrogen-bond acceptors (Lipinski definition) is 3. The molecule has 1 N–H and O–H groups in total. The Morgan fingerprint density at radius 2 is 1.76 bits per heavy atom. The maximum Gasteiger partial charge on any atom is 0.119 e. The lowest BCUT2D eigenvalue weighted by atomic mass is 10.1. The highest BCUT2D eigenvalue weighted by molar-refractivity contribution is 5.85. The minimum Gasteiger partial charge on any atom is -0.497 e. The predicted octanol–water partition coefficient (Wildman–Crippen LogP) is 4.05. The first-order chi connectivity index (χ1) is 12.2. The molecule has 0 fully saturated rings. The van der Waals surface area contributed by atoms with E-state index in [1.54, 1.807) is 13.2 Å². The minimum absolute atomic E-state index is 0.549. The third-order valence-corrected chi connectivity index (χ3v) is 4.50. The van der Waals surface area contributed by atoms with Crippen LogP contribution in [0.3, 0.4) is 0 Å². The first-order valence-corrected chi connectivity index (χ1v) is 7.98. The van der Waals surface area contributed by atoms with Crippen LogP contribution in [-0.2, 0) is 0 Å². The zero-order chi connectivity index (χ0) is 17.4. The van der Waals surface area contributed by atoms with Gasteiger partial charge in [0.05, 0.1) is 29.4 Å². The maximum atomic E-state index is 11.0. The molecule has 0 aliphatic rings. The first-order valence-electron chi connectivity index (χ1n) is 7.98. The monoisotopic (exact) mass is 328 g/mol. The van der Waals surface area contributed by atoms with Crippen molar-refractivity contribution in [3.05, 3.63) is 83.6 Å². The number of benzene rings is 2. The summed E-state index contributed by atoms with van der Waals surface area (Å²) in [7, 11) is 1.61. The van der Waals surface area contributed by atoms with Crippen molar-refractivity contribution >= 4 is 16.4 Å². The number of ether oxygens (including phenoxy) is 1. The zero-order valence-corrected chi connectivity index (χ0v) is 13.7. The molecule has 0 aliphatic carbocycles. The topological polar surface area (TPSA) is 57.7 Å². The number of rotatable bonds is 3. The molecule has 1 unspecified atom stereocenters. The lowest BCUT2D eigenvalue weighted by Crippen LogP contribution is -2.04. The van der Waals surface area contributed by atoms with Crippen molar-refractivity contribution in [2.75, 3.05) is 7.11 Å². The lowest BCUT2D eigenvalue weighted by Gasteiger charge is -2.14. The number of methoxy groups -OCH3 is 1. The van der Waals surface area contributed by atoms with Crippen molar-refractivity contribution < 1.29 is 9.84 Å². The summed E-state index contributed by atoms with van der Waals surface area (Å²) in [6.07, 6.45) is -0.841. The van der Waals surface area contributed by atoms with Gasteiger partial charge in [0.15, 0.2) is 0 Å². The van der Waals surface area contributed by atoms with Gasteiger partial charge in [0, 0.05) is 0 Å². The van der Waals surface area contributed by atoms with Crippen LogP contribution in [0.15, 0.2) is 66.7 Å². The molecule has 4 nitrogen and oxygen atoms in total. The van der Waals surface area contributed by atoms with Crippen LogP contribution in [0.25, 0.3) is 16.4 Å². The second-order valence-electron chi connectivity index (χ2n) is 5.88. The van der Waals surface area contributed by atoms with Crippen LogP contribution in [0.4, 0.5) is 0 Å². The molecule has 2 aromatic carbocycles. The highest BCUT2D eigenvalue weighted by Crippen LogP contribution is 2.30. The van der Waals surface area contributed by atoms with E-state index in [0.29, 0.717) is 11.3 Å². The Balaban J connectivity index is 1.96. The molecule has 0 amide bonds. The van der Waals surface area contributed by atoms with E-state index in [-0.39, 0.29) is 0 Å². The van der Waals surface area contributed by atoms with E-state index < -0.39 is 6.10 Å². The molecule has 0 saturated heterocycles. The van der Waals surface area contributed by atoms with E-state index in [4.69, 9.17) is 4.74 Å². The van der Waals surface area contributed by atoms with Gasteiger partial charge in [-0.3, -0.25) is 0 Å². The van der Waals surface area contributed by atoms with Gasteiger partial charge in [-0.15, -0.1) is 0 Å². The summed E-state index contributed by atoms with van der Waals surface area (Å²) < 4.78 is 7.14. The Morgan fingerprint density at radius 3 is 2.48 bits per heavy atom. The third-order valence-electron chi connectivity index (χ3n) is 4.50. The van der Waals surface area contributed by atoms with Crippen molar-refractivity contribution in [1.82, 2.24) is 4.40 Å². The van der Waals surface area contributed by atoms with Gasteiger partial charge in [0.2, 0.25) is 0 Å². The fourth-order valence-corrected chi connectivity index (χ4v) is 3.23. The number of hydrogen-bond donors (Lipinski definition) is 1. The van der Waals surface area contributed by atoms with Crippen LogP contribution in [0, 0.1) is 11.3 Å². The van der Waals surface area contributed by atoms with Crippen LogP contribution in [0.1, 0.15) is 22.9 Å². The van der Waals surface area contributed by atoms with Gasteiger partial charge in [-0.25, -0.2) is 0 Å². The maximum absolute atomic E-state index is 11.0. The Labute approximate surface area is 145 Å². The molecule has 0 spiro atoms. The third kappa shape index (κ3) is 2.42. The average Bonchev–Trinajstić information content (AvgIpc) is 3.06. The minimum atomic E-state index is -0.841. The molecule has 1 atom stereocenters. The Bertz CT molecular complexity index is 1100. The molecule has 0 radical (unpaired) electrons. The predicted molar refractivity (Wildman–Crippen MR) is 96.7 cm³/mol. The molecule has 122 valence electrons. The van der Waals surface area contributed by atoms with Gasteiger partial charge in [-0.05, 0) is 41.3 Å². The summed E-state index contributed by atoms with van der Waals surface area (Å²) in [6.45, 7) is 0. The van der Waals surface area contributed by atoms with Crippen molar-refractivity contribution in [3.63, 3.8) is 0 Å². The summed E-state index contributed by atoms with van der Waals surface area (Å²) in [4.78, 5) is 0. The summed E-state index contributed by atoms with van der Waals surface area (Å²) in [5.41, 5.74) is 3.73. The number of aliphatic hydroxyl groups is 1. The number of pyridine rings is 1. The van der Waals surface area contributed by atoms with Crippen LogP contribution in [0.5, 0.6) is 5.75 Å². The van der Waals surface area contributed by atoms with Crippen molar-refractivity contribution in [3.8, 4) is 11.8 Å². The number of aliphatic hydroxyl groups excluding tert-OH is 1. The summed E-state index contributed by atoms with van der Waals surface area (Å²) in [6, 6.07) is 23.1. The smallest absolute Gasteiger partial charge is 0.119 e. The number of para-hydroxylation sites is 1. The standard InChI is InChI=1S/C21H16N2O2/c1-25-17-9-6-15(7-10-17)21(24)20-12-16(13-22)19-11-8-14-4-2-3-5-18(14)23(19)20/h2-12,21,24H,1H3. The quantitative estimate of drug-likeness (QED) is 0.617. The molecular weight excluding hydrogens is 312 g/mol. The van der Waals surface area contributed by atoms with Gasteiger partial charge in [-0.1, -0.05) is 36.4 Å². The molecule has 0 bridgehead atoms. The number of nitrogens with zero attached hydrogens (tertiary/aromatic N) is 2. The van der Waals surface area contributed by atoms with Crippen molar-refractivity contribution in [1.29, 1.82) is 5.26 Å². The first kappa shape index (κ1) is 15.3. The molecule has 2 heterocycles. The van der Waals surface area contributed by atoms with Crippen molar-refractivity contribution in [2.24, 2.45) is 0 Å². The van der Waals surface area contributed by atoms with Crippen LogP contribution in [-0.4, -0.2) is 16.6 Å². The zero-order valence-electron chi connectivity index (χ0n) is 13.7. The fraction of sp³-hybridized carbons (Fsp3) is 0.0952. The molecular formula is C21H16N2O2. The molecule has 2 aromatic heterocycles. The van der Waals surface area contributed by atoms with Gasteiger partial charge in [0.25, 0.3) is 0 Å². The highest BCUT2D eigenvalue weighted by atomic mass is 16.5. The average molecular weight is 328 g/mol. The van der Waals surface area contributed by atoms with Gasteiger partial charge < -0.3 is 14.2 Å². The fourth-order valence-electron chi connectivity index (χ4n) is 3.23. The Kier molecular flexibility index (Phi) is 3.64. The van der Waals surface area contributed by atoms with E-state index in [0.717, 1.165) is 27.7 Å². The molecule has 4 aromatic rings. The highest BCUT2D eigenvalue weighted by Gasteiger charge is 2.19. The van der Waals surface area contributed by atoms with E-state index in [1.165, 1.54) is 0 Å². The number of nitriles is 1.